The molecule has 0 aromatic carbocycles. The van der Waals surface area contributed by atoms with Crippen LogP contribution in [0.4, 0.5) is 5.69 Å². The fourth-order valence-electron chi connectivity index (χ4n) is 2.18. The standard InChI is InChI=1S/C13H16N2/c1-3-9-11(4-2)15-12-8-6-5-7-10(12)13(9)14/h3-4H,1-2,5-8H2,(H2,14,15). The average Bonchev–Trinajstić information content (AvgIpc) is 2.29. The lowest BCUT2D eigenvalue weighted by Crippen LogP contribution is -2.11. The molecule has 1 aromatic rings. The van der Waals surface area contributed by atoms with Crippen molar-refractivity contribution >= 4 is 17.8 Å². The molecule has 0 bridgehead atoms. The van der Waals surface area contributed by atoms with Gasteiger partial charge in [0.25, 0.3) is 0 Å². The Labute approximate surface area is 90.5 Å². The summed E-state index contributed by atoms with van der Waals surface area (Å²) in [5.41, 5.74) is 11.2. The van der Waals surface area contributed by atoms with Crippen molar-refractivity contribution in [1.82, 2.24) is 4.98 Å². The van der Waals surface area contributed by atoms with Gasteiger partial charge in [0, 0.05) is 16.9 Å². The molecule has 0 aliphatic heterocycles. The average molecular weight is 200 g/mol. The molecule has 0 saturated heterocycles. The van der Waals surface area contributed by atoms with Crippen LogP contribution in [0.2, 0.25) is 0 Å². The van der Waals surface area contributed by atoms with E-state index >= 15 is 0 Å². The Morgan fingerprint density at radius 1 is 1.13 bits per heavy atom. The highest BCUT2D eigenvalue weighted by molar-refractivity contribution is 5.74. The third-order valence-corrected chi connectivity index (χ3v) is 2.98. The van der Waals surface area contributed by atoms with Crippen LogP contribution < -0.4 is 5.73 Å². The van der Waals surface area contributed by atoms with Gasteiger partial charge in [-0.2, -0.15) is 0 Å². The summed E-state index contributed by atoms with van der Waals surface area (Å²) in [5.74, 6) is 0. The fourth-order valence-corrected chi connectivity index (χ4v) is 2.18. The second-order valence-electron chi connectivity index (χ2n) is 3.86. The number of nitrogen functional groups attached to an aromatic ring is 1. The lowest BCUT2D eigenvalue weighted by Gasteiger charge is -2.19. The summed E-state index contributed by atoms with van der Waals surface area (Å²) in [6, 6.07) is 0. The molecular weight excluding hydrogens is 184 g/mol. The minimum absolute atomic E-state index is 0.851. The predicted octanol–water partition coefficient (Wildman–Crippen LogP) is 2.83. The van der Waals surface area contributed by atoms with Crippen molar-refractivity contribution in [3.05, 3.63) is 35.7 Å². The third-order valence-electron chi connectivity index (χ3n) is 2.98. The van der Waals surface area contributed by atoms with E-state index in [0.29, 0.717) is 0 Å². The molecular formula is C13H16N2. The molecule has 1 heterocycles. The summed E-state index contributed by atoms with van der Waals surface area (Å²) in [7, 11) is 0. The van der Waals surface area contributed by atoms with E-state index in [-0.39, 0.29) is 0 Å². The molecule has 2 heteroatoms. The van der Waals surface area contributed by atoms with E-state index in [2.05, 4.69) is 18.1 Å². The summed E-state index contributed by atoms with van der Waals surface area (Å²) in [6.45, 7) is 7.55. The fraction of sp³-hybridized carbons (Fsp3) is 0.308. The Balaban J connectivity index is 2.66. The zero-order valence-electron chi connectivity index (χ0n) is 8.92. The Morgan fingerprint density at radius 3 is 2.53 bits per heavy atom. The van der Waals surface area contributed by atoms with Crippen molar-refractivity contribution in [3.63, 3.8) is 0 Å². The monoisotopic (exact) mass is 200 g/mol. The van der Waals surface area contributed by atoms with Crippen molar-refractivity contribution < 1.29 is 0 Å². The lowest BCUT2D eigenvalue weighted by atomic mass is 9.92. The molecule has 2 N–H and O–H groups in total. The van der Waals surface area contributed by atoms with Crippen LogP contribution in [-0.4, -0.2) is 4.98 Å². The van der Waals surface area contributed by atoms with Gasteiger partial charge in [-0.05, 0) is 37.3 Å². The first kappa shape index (κ1) is 9.97. The molecule has 0 fully saturated rings. The molecule has 0 spiro atoms. The topological polar surface area (TPSA) is 38.9 Å². The number of hydrogen-bond acceptors (Lipinski definition) is 2. The number of pyridine rings is 1. The smallest absolute Gasteiger partial charge is 0.0720 e. The minimum Gasteiger partial charge on any atom is -0.398 e. The number of fused-ring (bicyclic) bond motifs is 1. The molecule has 1 aliphatic carbocycles. The molecule has 0 atom stereocenters. The van der Waals surface area contributed by atoms with E-state index < -0.39 is 0 Å². The summed E-state index contributed by atoms with van der Waals surface area (Å²) in [6.07, 6.45) is 8.03. The number of nitrogens with zero attached hydrogens (tertiary/aromatic N) is 1. The lowest BCUT2D eigenvalue weighted by molar-refractivity contribution is 0.668. The number of anilines is 1. The normalized spacial score (nSPS) is 14.4. The Kier molecular flexibility index (Phi) is 2.58. The summed E-state index contributed by atoms with van der Waals surface area (Å²) >= 11 is 0. The number of rotatable bonds is 2. The van der Waals surface area contributed by atoms with Gasteiger partial charge in [-0.25, -0.2) is 0 Å². The maximum Gasteiger partial charge on any atom is 0.0720 e. The number of aryl methyl sites for hydroxylation is 1. The third kappa shape index (κ3) is 1.56. The van der Waals surface area contributed by atoms with Gasteiger partial charge in [0.05, 0.1) is 5.69 Å². The second kappa shape index (κ2) is 3.89. The molecule has 0 radical (unpaired) electrons. The second-order valence-corrected chi connectivity index (χ2v) is 3.86. The van der Waals surface area contributed by atoms with Crippen LogP contribution in [0, 0.1) is 0 Å². The molecule has 1 aliphatic rings. The van der Waals surface area contributed by atoms with Crippen LogP contribution in [0.3, 0.4) is 0 Å². The molecule has 0 saturated carbocycles. The van der Waals surface area contributed by atoms with Gasteiger partial charge in [0.15, 0.2) is 0 Å². The van der Waals surface area contributed by atoms with Crippen molar-refractivity contribution in [1.29, 1.82) is 0 Å². The molecule has 2 rings (SSSR count). The zero-order chi connectivity index (χ0) is 10.8. The van der Waals surface area contributed by atoms with E-state index in [4.69, 9.17) is 5.73 Å². The molecule has 0 unspecified atom stereocenters. The van der Waals surface area contributed by atoms with Crippen LogP contribution in [0.15, 0.2) is 13.2 Å². The van der Waals surface area contributed by atoms with Crippen LogP contribution in [0.25, 0.3) is 12.2 Å². The van der Waals surface area contributed by atoms with Crippen molar-refractivity contribution in [2.24, 2.45) is 0 Å². The molecule has 2 nitrogen and oxygen atoms in total. The number of aromatic nitrogens is 1. The molecule has 1 aromatic heterocycles. The van der Waals surface area contributed by atoms with Gasteiger partial charge < -0.3 is 5.73 Å². The summed E-state index contributed by atoms with van der Waals surface area (Å²) < 4.78 is 0. The van der Waals surface area contributed by atoms with Gasteiger partial charge in [-0.3, -0.25) is 4.98 Å². The largest absolute Gasteiger partial charge is 0.398 e. The maximum absolute atomic E-state index is 6.13. The van der Waals surface area contributed by atoms with Gasteiger partial charge in [0.1, 0.15) is 0 Å². The van der Waals surface area contributed by atoms with Gasteiger partial charge in [-0.1, -0.05) is 19.2 Å². The Hall–Kier alpha value is -1.57. The van der Waals surface area contributed by atoms with Crippen LogP contribution in [0.1, 0.15) is 35.4 Å². The first-order valence-corrected chi connectivity index (χ1v) is 5.34. The quantitative estimate of drug-likeness (QED) is 0.797. The van der Waals surface area contributed by atoms with Crippen molar-refractivity contribution in [2.75, 3.05) is 5.73 Å². The Bertz CT molecular complexity index is 419. The van der Waals surface area contributed by atoms with Gasteiger partial charge in [-0.15, -0.1) is 0 Å². The minimum atomic E-state index is 0.851. The number of hydrogen-bond donors (Lipinski definition) is 1. The highest BCUT2D eigenvalue weighted by Crippen LogP contribution is 2.30. The Morgan fingerprint density at radius 2 is 1.87 bits per heavy atom. The number of nitrogens with two attached hydrogens (primary N) is 1. The highest BCUT2D eigenvalue weighted by Gasteiger charge is 2.17. The van der Waals surface area contributed by atoms with E-state index in [1.165, 1.54) is 18.4 Å². The van der Waals surface area contributed by atoms with E-state index in [0.717, 1.165) is 35.5 Å². The van der Waals surface area contributed by atoms with E-state index in [1.54, 1.807) is 12.2 Å². The maximum atomic E-state index is 6.13. The SMILES string of the molecule is C=Cc1nc2c(c(N)c1C=C)CCCC2. The van der Waals surface area contributed by atoms with Crippen molar-refractivity contribution in [3.8, 4) is 0 Å². The van der Waals surface area contributed by atoms with Crippen molar-refractivity contribution in [2.45, 2.75) is 25.7 Å². The predicted molar refractivity (Wildman–Crippen MR) is 65.5 cm³/mol. The molecule has 0 amide bonds. The summed E-state index contributed by atoms with van der Waals surface area (Å²) in [4.78, 5) is 4.59. The van der Waals surface area contributed by atoms with E-state index in [9.17, 15) is 0 Å². The van der Waals surface area contributed by atoms with Crippen LogP contribution >= 0.6 is 0 Å². The molecule has 15 heavy (non-hydrogen) atoms. The van der Waals surface area contributed by atoms with E-state index in [1.807, 2.05) is 0 Å². The van der Waals surface area contributed by atoms with Crippen LogP contribution in [0.5, 0.6) is 0 Å². The first-order valence-electron chi connectivity index (χ1n) is 5.34. The highest BCUT2D eigenvalue weighted by atomic mass is 14.8. The zero-order valence-corrected chi connectivity index (χ0v) is 8.92. The van der Waals surface area contributed by atoms with Crippen LogP contribution in [-0.2, 0) is 12.8 Å². The first-order chi connectivity index (χ1) is 7.27. The molecule has 78 valence electrons. The van der Waals surface area contributed by atoms with Gasteiger partial charge >= 0.3 is 0 Å². The summed E-state index contributed by atoms with van der Waals surface area (Å²) in [5, 5.41) is 0. The van der Waals surface area contributed by atoms with Gasteiger partial charge in [0.2, 0.25) is 0 Å².